The summed E-state index contributed by atoms with van der Waals surface area (Å²) in [6.45, 7) is 9.35. The number of aryl methyl sites for hydroxylation is 3. The van der Waals surface area contributed by atoms with E-state index < -0.39 is 38.1 Å². The fourth-order valence-electron chi connectivity index (χ4n) is 4.90. The maximum atomic E-state index is 12.7. The lowest BCUT2D eigenvalue weighted by atomic mass is 10.1. The lowest BCUT2D eigenvalue weighted by molar-refractivity contribution is 0.0701. The zero-order valence-corrected chi connectivity index (χ0v) is 39.4. The second-order valence-electron chi connectivity index (χ2n) is 12.1. The van der Waals surface area contributed by atoms with Crippen LogP contribution in [0.1, 0.15) is 81.8 Å². The van der Waals surface area contributed by atoms with E-state index in [4.69, 9.17) is 5.11 Å². The molecular weight excluding hydrogens is 1050 g/mol. The molecule has 20 heteroatoms. The molecule has 2 amide bonds. The van der Waals surface area contributed by atoms with Crippen LogP contribution < -0.4 is 20.1 Å². The topological polar surface area (TPSA) is 188 Å². The van der Waals surface area contributed by atoms with Gasteiger partial charge in [0.1, 0.15) is 4.88 Å². The first-order valence-electron chi connectivity index (χ1n) is 16.4. The first-order valence-corrected chi connectivity index (χ1v) is 24.2. The van der Waals surface area contributed by atoms with Gasteiger partial charge in [-0.15, -0.1) is 34.0 Å². The van der Waals surface area contributed by atoms with Crippen LogP contribution in [0.3, 0.4) is 0 Å². The van der Waals surface area contributed by atoms with Gasteiger partial charge in [0.05, 0.1) is 30.9 Å². The Balaban J connectivity index is 0.000000908. The Hall–Kier alpha value is -2.79. The Bertz CT molecular complexity index is 2330. The van der Waals surface area contributed by atoms with Crippen LogP contribution in [0.15, 0.2) is 100 Å². The van der Waals surface area contributed by atoms with Gasteiger partial charge in [0.2, 0.25) is 20.0 Å². The number of rotatable bonds is 13. The van der Waals surface area contributed by atoms with Gasteiger partial charge in [-0.2, -0.15) is 0 Å². The summed E-state index contributed by atoms with van der Waals surface area (Å²) in [6, 6.07) is 21.3. The van der Waals surface area contributed by atoms with E-state index in [2.05, 4.69) is 67.9 Å². The number of carboxylic acids is 1. The van der Waals surface area contributed by atoms with E-state index in [-0.39, 0.29) is 52.1 Å². The van der Waals surface area contributed by atoms with Crippen LogP contribution in [0.25, 0.3) is 0 Å². The van der Waals surface area contributed by atoms with Crippen LogP contribution in [0.4, 0.5) is 0 Å². The normalized spacial score (nSPS) is 11.7. The van der Waals surface area contributed by atoms with Gasteiger partial charge in [-0.05, 0) is 142 Å². The minimum atomic E-state index is -3.65. The van der Waals surface area contributed by atoms with Gasteiger partial charge in [0.25, 0.3) is 11.8 Å². The van der Waals surface area contributed by atoms with Crippen LogP contribution in [-0.4, -0.2) is 64.9 Å². The van der Waals surface area contributed by atoms with Gasteiger partial charge >= 0.3 is 5.97 Å². The first kappa shape index (κ1) is 56.2. The molecule has 3 aromatic heterocycles. The number of aromatic carboxylic acids is 1. The summed E-state index contributed by atoms with van der Waals surface area (Å²) in [5, 5.41) is 13.8. The molecule has 5 aromatic rings. The quantitative estimate of drug-likeness (QED) is 0.0770. The Morgan fingerprint density at radius 3 is 1.32 bits per heavy atom. The van der Waals surface area contributed by atoms with Crippen molar-refractivity contribution in [2.75, 3.05) is 13.1 Å². The van der Waals surface area contributed by atoms with E-state index in [0.717, 1.165) is 16.9 Å². The fraction of sp³-hybridized carbons (Fsp3) is 0.308. The maximum Gasteiger partial charge on any atom is 0.345 e. The Kier molecular flexibility index (Phi) is 24.6. The highest BCUT2D eigenvalue weighted by Gasteiger charge is 2.23. The lowest BCUT2D eigenvalue weighted by Crippen LogP contribution is -2.42. The molecule has 0 aliphatic carbocycles. The minimum absolute atomic E-state index is 0. The van der Waals surface area contributed by atoms with Gasteiger partial charge < -0.3 is 15.7 Å². The molecule has 0 radical (unpaired) electrons. The molecule has 0 saturated heterocycles. The largest absolute Gasteiger partial charge is 0.477 e. The van der Waals surface area contributed by atoms with E-state index in [0.29, 0.717) is 30.7 Å². The molecule has 2 atom stereocenters. The molecule has 0 saturated carbocycles. The smallest absolute Gasteiger partial charge is 0.345 e. The summed E-state index contributed by atoms with van der Waals surface area (Å²) >= 11 is 13.6. The molecule has 0 unspecified atom stereocenters. The standard InChI is InChI=1S/C17H21BrN2O3S2.C14H15BrN2O3S2.C5H3BrO2S.3CH4/c1-10-7-11(2)16(12(3)8-10)25(22,23)20-13(4)9-19-17(21)14-5-6-15(18)24-14;1-10(9-16-14(18)12-7-8-13(15)21-12)17-22(19,20)11-5-3-2-4-6-11;6-4-2-1-3(9-4)5(7)8;;;/h5-8,13,20H,9H2,1-4H3,(H,19,21);2-8,10,17H,9H2,1H3,(H,16,18);1-2H,(H,7,8);3*1H4/t13-;10-;;;;/m11..../s1. The molecule has 0 fully saturated rings. The Morgan fingerprint density at radius 2 is 0.983 bits per heavy atom. The van der Waals surface area contributed by atoms with Gasteiger partial charge in [-0.25, -0.2) is 31.1 Å². The number of benzene rings is 2. The predicted molar refractivity (Wildman–Crippen MR) is 255 cm³/mol. The molecule has 5 rings (SSSR count). The molecule has 0 aliphatic rings. The molecule has 3 heterocycles. The number of carboxylic acid groups (broad SMARTS) is 1. The molecule has 12 nitrogen and oxygen atoms in total. The highest BCUT2D eigenvalue weighted by Crippen LogP contribution is 2.24. The molecule has 0 aliphatic heterocycles. The van der Waals surface area contributed by atoms with Crippen LogP contribution in [0.5, 0.6) is 0 Å². The summed E-state index contributed by atoms with van der Waals surface area (Å²) < 4.78 is 57.4. The second kappa shape index (κ2) is 25.9. The Morgan fingerprint density at radius 1 is 0.610 bits per heavy atom. The van der Waals surface area contributed by atoms with E-state index in [9.17, 15) is 31.2 Å². The van der Waals surface area contributed by atoms with E-state index in [1.54, 1.807) is 82.3 Å². The molecule has 0 spiro atoms. The third-order valence-corrected chi connectivity index (χ3v) is 15.5. The van der Waals surface area contributed by atoms with Crippen LogP contribution in [-0.2, 0) is 20.0 Å². The number of hydrogen-bond donors (Lipinski definition) is 5. The fourth-order valence-corrected chi connectivity index (χ4v) is 11.7. The van der Waals surface area contributed by atoms with Crippen molar-refractivity contribution >= 4 is 120 Å². The molecular formula is C39H51Br3N4O8S5. The number of thiophene rings is 3. The van der Waals surface area contributed by atoms with Gasteiger partial charge in [0.15, 0.2) is 0 Å². The summed E-state index contributed by atoms with van der Waals surface area (Å²) in [4.78, 5) is 36.2. The average molecular weight is 1100 g/mol. The van der Waals surface area contributed by atoms with E-state index in [1.807, 2.05) is 19.1 Å². The number of halogens is 3. The van der Waals surface area contributed by atoms with Crippen molar-refractivity contribution in [3.05, 3.63) is 122 Å². The van der Waals surface area contributed by atoms with Crippen molar-refractivity contribution in [1.29, 1.82) is 0 Å². The third-order valence-electron chi connectivity index (χ3n) is 7.16. The third kappa shape index (κ3) is 18.4. The number of carbonyl (C=O) groups is 3. The molecule has 2 aromatic carbocycles. The van der Waals surface area contributed by atoms with Crippen LogP contribution in [0.2, 0.25) is 0 Å². The molecule has 5 N–H and O–H groups in total. The number of sulfonamides is 2. The predicted octanol–water partition coefficient (Wildman–Crippen LogP) is 10.3. The van der Waals surface area contributed by atoms with Crippen molar-refractivity contribution < 1.29 is 36.3 Å². The summed E-state index contributed by atoms with van der Waals surface area (Å²) in [7, 11) is -7.23. The average Bonchev–Trinajstić information content (AvgIpc) is 3.87. The summed E-state index contributed by atoms with van der Waals surface area (Å²) in [5.74, 6) is -1.31. The van der Waals surface area contributed by atoms with Crippen molar-refractivity contribution in [3.63, 3.8) is 0 Å². The minimum Gasteiger partial charge on any atom is -0.477 e. The molecule has 59 heavy (non-hydrogen) atoms. The van der Waals surface area contributed by atoms with Gasteiger partial charge in [0, 0.05) is 25.2 Å². The highest BCUT2D eigenvalue weighted by atomic mass is 79.9. The zero-order valence-electron chi connectivity index (χ0n) is 30.6. The number of nitrogens with one attached hydrogen (secondary N) is 4. The van der Waals surface area contributed by atoms with Crippen LogP contribution in [0, 0.1) is 20.8 Å². The van der Waals surface area contributed by atoms with Crippen molar-refractivity contribution in [3.8, 4) is 0 Å². The number of carbonyl (C=O) groups excluding carboxylic acids is 2. The lowest BCUT2D eigenvalue weighted by Gasteiger charge is -2.18. The maximum absolute atomic E-state index is 12.7. The number of amides is 2. The first-order chi connectivity index (χ1) is 26.2. The second-order valence-corrected chi connectivity index (χ2v) is 22.9. The SMILES string of the molecule is C.C.C.C[C@H](CNC(=O)c1ccc(Br)s1)NS(=O)(=O)c1ccccc1.Cc1cc(C)c(S(=O)(=O)N[C@H](C)CNC(=O)c2ccc(Br)s2)c(C)c1.O=C(O)c1ccc(Br)s1. The van der Waals surface area contributed by atoms with Crippen molar-refractivity contribution in [2.45, 2.75) is 78.8 Å². The van der Waals surface area contributed by atoms with Gasteiger partial charge in [-0.1, -0.05) is 58.2 Å². The summed E-state index contributed by atoms with van der Waals surface area (Å²) in [6.07, 6.45) is 0. The molecule has 0 bridgehead atoms. The van der Waals surface area contributed by atoms with E-state index in [1.165, 1.54) is 46.1 Å². The number of hydrogen-bond acceptors (Lipinski definition) is 10. The highest BCUT2D eigenvalue weighted by molar-refractivity contribution is 9.11. The van der Waals surface area contributed by atoms with Crippen molar-refractivity contribution in [1.82, 2.24) is 20.1 Å². The van der Waals surface area contributed by atoms with Crippen molar-refractivity contribution in [2.24, 2.45) is 0 Å². The summed E-state index contributed by atoms with van der Waals surface area (Å²) in [5.41, 5.74) is 2.45. The van der Waals surface area contributed by atoms with E-state index >= 15 is 0 Å². The zero-order chi connectivity index (χ0) is 41.8. The monoisotopic (exact) mass is 1100 g/mol. The van der Waals surface area contributed by atoms with Gasteiger partial charge in [-0.3, -0.25) is 9.59 Å². The molecule has 326 valence electrons. The van der Waals surface area contributed by atoms with Crippen LogP contribution >= 0.6 is 81.8 Å². The Labute approximate surface area is 386 Å².